The Bertz CT molecular complexity index is 995. The van der Waals surface area contributed by atoms with Crippen molar-refractivity contribution in [1.29, 1.82) is 0 Å². The van der Waals surface area contributed by atoms with Crippen molar-refractivity contribution in [2.45, 2.75) is 40.5 Å². The normalized spacial score (nSPS) is 10.8. The maximum absolute atomic E-state index is 14.9. The fourth-order valence-electron chi connectivity index (χ4n) is 3.09. The largest absolute Gasteiger partial charge is 0.504 e. The summed E-state index contributed by atoms with van der Waals surface area (Å²) >= 11 is 0. The summed E-state index contributed by atoms with van der Waals surface area (Å²) in [5, 5.41) is 10.5. The van der Waals surface area contributed by atoms with Gasteiger partial charge in [-0.2, -0.15) is 0 Å². The molecule has 0 unspecified atom stereocenters. The highest BCUT2D eigenvalue weighted by Gasteiger charge is 2.19. The molecular formula is C24H25FO3. The lowest BCUT2D eigenvalue weighted by Gasteiger charge is -2.16. The van der Waals surface area contributed by atoms with E-state index in [1.54, 1.807) is 13.0 Å². The molecule has 0 fully saturated rings. The predicted octanol–water partition coefficient (Wildman–Crippen LogP) is 6.86. The molecule has 0 atom stereocenters. The van der Waals surface area contributed by atoms with Crippen LogP contribution < -0.4 is 9.47 Å². The minimum atomic E-state index is -0.557. The standard InChI is InChI=1S/C24H25FO3/c1-5-17-8-7-9-19(12-17)27-22-14-21(26)24(16(4)23(22)25)28-20-11-15(3)10-18(6-2)13-20/h7-14,26H,5-6H2,1-4H3. The quantitative estimate of drug-likeness (QED) is 0.508. The van der Waals surface area contributed by atoms with E-state index in [0.29, 0.717) is 11.5 Å². The van der Waals surface area contributed by atoms with Crippen LogP contribution in [0.3, 0.4) is 0 Å². The van der Waals surface area contributed by atoms with Gasteiger partial charge in [-0.15, -0.1) is 0 Å². The maximum atomic E-state index is 14.9. The maximum Gasteiger partial charge on any atom is 0.175 e. The van der Waals surface area contributed by atoms with E-state index >= 15 is 0 Å². The molecule has 3 aromatic carbocycles. The van der Waals surface area contributed by atoms with Crippen molar-refractivity contribution in [2.75, 3.05) is 0 Å². The number of phenols is 1. The molecule has 3 nitrogen and oxygen atoms in total. The van der Waals surface area contributed by atoms with Crippen LogP contribution in [0.15, 0.2) is 48.5 Å². The summed E-state index contributed by atoms with van der Waals surface area (Å²) in [6.07, 6.45) is 1.72. The number of benzene rings is 3. The molecular weight excluding hydrogens is 355 g/mol. The van der Waals surface area contributed by atoms with E-state index < -0.39 is 5.82 Å². The van der Waals surface area contributed by atoms with E-state index in [1.165, 1.54) is 6.07 Å². The molecule has 146 valence electrons. The predicted molar refractivity (Wildman–Crippen MR) is 109 cm³/mol. The Kier molecular flexibility index (Phi) is 5.88. The first-order valence-corrected chi connectivity index (χ1v) is 9.48. The first kappa shape index (κ1) is 19.7. The van der Waals surface area contributed by atoms with Crippen LogP contribution in [0.5, 0.6) is 28.7 Å². The van der Waals surface area contributed by atoms with Crippen LogP contribution in [0.2, 0.25) is 0 Å². The lowest BCUT2D eigenvalue weighted by Crippen LogP contribution is -1.97. The van der Waals surface area contributed by atoms with Gasteiger partial charge in [0.25, 0.3) is 0 Å². The number of hydrogen-bond donors (Lipinski definition) is 1. The molecule has 0 aromatic heterocycles. The molecule has 0 radical (unpaired) electrons. The Morgan fingerprint density at radius 1 is 0.857 bits per heavy atom. The van der Waals surface area contributed by atoms with Gasteiger partial charge in [-0.1, -0.05) is 32.0 Å². The second-order valence-electron chi connectivity index (χ2n) is 6.87. The molecule has 3 aromatic rings. The second kappa shape index (κ2) is 8.34. The second-order valence-corrected chi connectivity index (χ2v) is 6.87. The van der Waals surface area contributed by atoms with Crippen LogP contribution in [0, 0.1) is 19.7 Å². The topological polar surface area (TPSA) is 38.7 Å². The van der Waals surface area contributed by atoms with Crippen molar-refractivity contribution in [1.82, 2.24) is 0 Å². The Balaban J connectivity index is 1.93. The van der Waals surface area contributed by atoms with Gasteiger partial charge in [-0.25, -0.2) is 4.39 Å². The molecule has 0 saturated heterocycles. The van der Waals surface area contributed by atoms with E-state index in [-0.39, 0.29) is 22.8 Å². The number of ether oxygens (including phenoxy) is 2. The van der Waals surface area contributed by atoms with Gasteiger partial charge in [0, 0.05) is 11.6 Å². The SMILES string of the molecule is CCc1cccc(Oc2cc(O)c(Oc3cc(C)cc(CC)c3)c(C)c2F)c1. The number of hydrogen-bond acceptors (Lipinski definition) is 3. The Hall–Kier alpha value is -3.01. The first-order chi connectivity index (χ1) is 13.4. The van der Waals surface area contributed by atoms with E-state index in [4.69, 9.17) is 9.47 Å². The average Bonchev–Trinajstić information content (AvgIpc) is 2.69. The number of rotatable bonds is 6. The molecule has 0 bridgehead atoms. The minimum Gasteiger partial charge on any atom is -0.504 e. The van der Waals surface area contributed by atoms with Gasteiger partial charge in [-0.3, -0.25) is 0 Å². The highest BCUT2D eigenvalue weighted by Crippen LogP contribution is 2.41. The number of phenolic OH excluding ortho intramolecular Hbond substituents is 1. The molecule has 3 rings (SSSR count). The van der Waals surface area contributed by atoms with E-state index in [2.05, 4.69) is 13.0 Å². The molecule has 28 heavy (non-hydrogen) atoms. The zero-order chi connectivity index (χ0) is 20.3. The molecule has 0 aliphatic carbocycles. The molecule has 0 aliphatic heterocycles. The van der Waals surface area contributed by atoms with Gasteiger partial charge in [0.2, 0.25) is 0 Å². The summed E-state index contributed by atoms with van der Waals surface area (Å²) in [5.74, 6) is 0.433. The lowest BCUT2D eigenvalue weighted by molar-refractivity contribution is 0.387. The van der Waals surface area contributed by atoms with E-state index in [1.807, 2.05) is 44.2 Å². The smallest absolute Gasteiger partial charge is 0.175 e. The Morgan fingerprint density at radius 3 is 2.29 bits per heavy atom. The lowest BCUT2D eigenvalue weighted by atomic mass is 10.1. The third-order valence-corrected chi connectivity index (χ3v) is 4.66. The monoisotopic (exact) mass is 380 g/mol. The molecule has 4 heteroatoms. The van der Waals surface area contributed by atoms with Gasteiger partial charge >= 0.3 is 0 Å². The van der Waals surface area contributed by atoms with Crippen molar-refractivity contribution in [2.24, 2.45) is 0 Å². The van der Waals surface area contributed by atoms with Gasteiger partial charge in [0.1, 0.15) is 11.5 Å². The number of aromatic hydroxyl groups is 1. The molecule has 0 saturated carbocycles. The molecule has 1 N–H and O–H groups in total. The highest BCUT2D eigenvalue weighted by molar-refractivity contribution is 5.54. The van der Waals surface area contributed by atoms with Gasteiger partial charge in [0.15, 0.2) is 23.1 Å². The van der Waals surface area contributed by atoms with Crippen molar-refractivity contribution in [3.8, 4) is 28.7 Å². The molecule has 0 aliphatic rings. The fourth-order valence-corrected chi connectivity index (χ4v) is 3.09. The summed E-state index contributed by atoms with van der Waals surface area (Å²) in [6, 6.07) is 14.5. The van der Waals surface area contributed by atoms with Crippen molar-refractivity contribution < 1.29 is 19.0 Å². The molecule has 0 heterocycles. The van der Waals surface area contributed by atoms with Gasteiger partial charge in [0.05, 0.1) is 0 Å². The van der Waals surface area contributed by atoms with Crippen LogP contribution >= 0.6 is 0 Å². The fraction of sp³-hybridized carbons (Fsp3) is 0.250. The number of aryl methyl sites for hydroxylation is 3. The van der Waals surface area contributed by atoms with Crippen LogP contribution in [0.25, 0.3) is 0 Å². The summed E-state index contributed by atoms with van der Waals surface area (Å²) in [4.78, 5) is 0. The third-order valence-electron chi connectivity index (χ3n) is 4.66. The zero-order valence-corrected chi connectivity index (χ0v) is 16.7. The number of halogens is 1. The third kappa shape index (κ3) is 4.28. The van der Waals surface area contributed by atoms with Crippen molar-refractivity contribution in [3.05, 3.63) is 76.6 Å². The highest BCUT2D eigenvalue weighted by atomic mass is 19.1. The zero-order valence-electron chi connectivity index (χ0n) is 16.7. The minimum absolute atomic E-state index is 0.0332. The first-order valence-electron chi connectivity index (χ1n) is 9.48. The van der Waals surface area contributed by atoms with E-state index in [0.717, 1.165) is 29.5 Å². The van der Waals surface area contributed by atoms with Crippen LogP contribution in [0.1, 0.15) is 36.1 Å². The Morgan fingerprint density at radius 2 is 1.57 bits per heavy atom. The summed E-state index contributed by atoms with van der Waals surface area (Å²) < 4.78 is 26.4. The van der Waals surface area contributed by atoms with Crippen molar-refractivity contribution >= 4 is 0 Å². The average molecular weight is 380 g/mol. The molecule has 0 amide bonds. The van der Waals surface area contributed by atoms with Crippen LogP contribution in [-0.4, -0.2) is 5.11 Å². The molecule has 0 spiro atoms. The van der Waals surface area contributed by atoms with Crippen LogP contribution in [0.4, 0.5) is 4.39 Å². The summed E-state index contributed by atoms with van der Waals surface area (Å²) in [5.41, 5.74) is 3.44. The van der Waals surface area contributed by atoms with E-state index in [9.17, 15) is 9.50 Å². The Labute approximate surface area is 165 Å². The van der Waals surface area contributed by atoms with Gasteiger partial charge in [-0.05, 0) is 67.6 Å². The van der Waals surface area contributed by atoms with Crippen molar-refractivity contribution in [3.63, 3.8) is 0 Å². The van der Waals surface area contributed by atoms with Gasteiger partial charge < -0.3 is 14.6 Å². The summed E-state index contributed by atoms with van der Waals surface area (Å²) in [7, 11) is 0. The summed E-state index contributed by atoms with van der Waals surface area (Å²) in [6.45, 7) is 7.63. The van der Waals surface area contributed by atoms with Crippen LogP contribution in [-0.2, 0) is 12.8 Å².